The summed E-state index contributed by atoms with van der Waals surface area (Å²) < 4.78 is 2.40. The highest BCUT2D eigenvalue weighted by Gasteiger charge is 2.18. The van der Waals surface area contributed by atoms with Crippen molar-refractivity contribution < 1.29 is 0 Å². The van der Waals surface area contributed by atoms with E-state index in [2.05, 4.69) is 72.9 Å². The summed E-state index contributed by atoms with van der Waals surface area (Å²) in [6.07, 6.45) is 15.0. The SMILES string of the molecule is CCC1=CCC(n2cc(-c3cncc(N)c3C)c3cc(C)ccc32)C=C1. The van der Waals surface area contributed by atoms with Crippen molar-refractivity contribution in [2.45, 2.75) is 39.7 Å². The number of hydrogen-bond donors (Lipinski definition) is 1. The number of anilines is 1. The molecular weight excluding hydrogens is 318 g/mol. The van der Waals surface area contributed by atoms with Gasteiger partial charge in [0.05, 0.1) is 17.9 Å². The number of hydrogen-bond acceptors (Lipinski definition) is 2. The van der Waals surface area contributed by atoms with Gasteiger partial charge in [0.25, 0.3) is 0 Å². The maximum atomic E-state index is 6.12. The van der Waals surface area contributed by atoms with Crippen LogP contribution in [0.15, 0.2) is 60.6 Å². The second-order valence-electron chi connectivity index (χ2n) is 7.17. The third-order valence-corrected chi connectivity index (χ3v) is 5.45. The molecule has 4 rings (SSSR count). The van der Waals surface area contributed by atoms with Gasteiger partial charge in [0.1, 0.15) is 0 Å². The highest BCUT2D eigenvalue weighted by Crippen LogP contribution is 2.37. The smallest absolute Gasteiger partial charge is 0.0554 e. The van der Waals surface area contributed by atoms with Crippen molar-refractivity contribution in [2.24, 2.45) is 0 Å². The number of pyridine rings is 1. The van der Waals surface area contributed by atoms with Crippen molar-refractivity contribution >= 4 is 16.6 Å². The van der Waals surface area contributed by atoms with Crippen LogP contribution in [-0.2, 0) is 0 Å². The Balaban J connectivity index is 1.90. The van der Waals surface area contributed by atoms with Crippen LogP contribution < -0.4 is 5.73 Å². The number of nitrogens with zero attached hydrogens (tertiary/aromatic N) is 2. The van der Waals surface area contributed by atoms with Gasteiger partial charge in [-0.25, -0.2) is 0 Å². The van der Waals surface area contributed by atoms with Gasteiger partial charge < -0.3 is 10.3 Å². The lowest BCUT2D eigenvalue weighted by Crippen LogP contribution is -2.07. The number of aryl methyl sites for hydroxylation is 1. The predicted octanol–water partition coefficient (Wildman–Crippen LogP) is 5.74. The van der Waals surface area contributed by atoms with Crippen molar-refractivity contribution in [3.63, 3.8) is 0 Å². The predicted molar refractivity (Wildman–Crippen MR) is 110 cm³/mol. The molecule has 1 aliphatic rings. The Labute approximate surface area is 154 Å². The van der Waals surface area contributed by atoms with Gasteiger partial charge >= 0.3 is 0 Å². The van der Waals surface area contributed by atoms with Gasteiger partial charge in [-0.3, -0.25) is 4.98 Å². The van der Waals surface area contributed by atoms with Crippen molar-refractivity contribution in [1.29, 1.82) is 0 Å². The van der Waals surface area contributed by atoms with Gasteiger partial charge in [-0.1, -0.05) is 42.4 Å². The van der Waals surface area contributed by atoms with Crippen LogP contribution in [-0.4, -0.2) is 9.55 Å². The molecule has 0 aliphatic heterocycles. The van der Waals surface area contributed by atoms with E-state index in [1.165, 1.54) is 27.6 Å². The summed E-state index contributed by atoms with van der Waals surface area (Å²) in [5, 5.41) is 1.26. The summed E-state index contributed by atoms with van der Waals surface area (Å²) in [6, 6.07) is 7.03. The summed E-state index contributed by atoms with van der Waals surface area (Å²) in [4.78, 5) is 4.34. The van der Waals surface area contributed by atoms with E-state index in [4.69, 9.17) is 5.73 Å². The minimum absolute atomic E-state index is 0.346. The molecule has 2 aromatic heterocycles. The molecule has 0 fully saturated rings. The number of allylic oxidation sites excluding steroid dienone is 4. The Morgan fingerprint density at radius 1 is 1.19 bits per heavy atom. The Hall–Kier alpha value is -2.81. The molecule has 2 N–H and O–H groups in total. The highest BCUT2D eigenvalue weighted by molar-refractivity contribution is 5.97. The van der Waals surface area contributed by atoms with Gasteiger partial charge in [-0.2, -0.15) is 0 Å². The van der Waals surface area contributed by atoms with Crippen LogP contribution in [0.4, 0.5) is 5.69 Å². The zero-order chi connectivity index (χ0) is 18.3. The maximum absolute atomic E-state index is 6.12. The van der Waals surface area contributed by atoms with E-state index in [0.717, 1.165) is 29.7 Å². The van der Waals surface area contributed by atoms with Gasteiger partial charge in [-0.15, -0.1) is 0 Å². The number of rotatable bonds is 3. The topological polar surface area (TPSA) is 43.8 Å². The van der Waals surface area contributed by atoms with E-state index >= 15 is 0 Å². The van der Waals surface area contributed by atoms with Crippen LogP contribution in [0.5, 0.6) is 0 Å². The molecule has 3 nitrogen and oxygen atoms in total. The van der Waals surface area contributed by atoms with Crippen molar-refractivity contribution in [3.05, 3.63) is 71.7 Å². The van der Waals surface area contributed by atoms with Crippen LogP contribution in [0.25, 0.3) is 22.0 Å². The number of nitrogens with two attached hydrogens (primary N) is 1. The Morgan fingerprint density at radius 2 is 2.04 bits per heavy atom. The number of benzene rings is 1. The molecule has 0 saturated carbocycles. The fourth-order valence-electron chi connectivity index (χ4n) is 3.79. The molecule has 2 heterocycles. The maximum Gasteiger partial charge on any atom is 0.0554 e. The van der Waals surface area contributed by atoms with Gasteiger partial charge in [-0.05, 0) is 44.4 Å². The zero-order valence-electron chi connectivity index (χ0n) is 15.7. The molecular formula is C23H25N3. The van der Waals surface area contributed by atoms with Crippen LogP contribution in [0.3, 0.4) is 0 Å². The summed E-state index contributed by atoms with van der Waals surface area (Å²) in [5.41, 5.74) is 14.2. The van der Waals surface area contributed by atoms with Gasteiger partial charge in [0, 0.05) is 34.4 Å². The Morgan fingerprint density at radius 3 is 2.77 bits per heavy atom. The first-order chi connectivity index (χ1) is 12.6. The Kier molecular flexibility index (Phi) is 4.15. The summed E-state index contributed by atoms with van der Waals surface area (Å²) in [5.74, 6) is 0. The van der Waals surface area contributed by atoms with E-state index in [-0.39, 0.29) is 0 Å². The molecule has 3 heteroatoms. The van der Waals surface area contributed by atoms with Crippen molar-refractivity contribution in [1.82, 2.24) is 9.55 Å². The summed E-state index contributed by atoms with van der Waals surface area (Å²) in [6.45, 7) is 6.42. The average Bonchev–Trinajstić information content (AvgIpc) is 3.02. The summed E-state index contributed by atoms with van der Waals surface area (Å²) in [7, 11) is 0. The third-order valence-electron chi connectivity index (χ3n) is 5.45. The molecule has 0 saturated heterocycles. The highest BCUT2D eigenvalue weighted by atomic mass is 15.0. The zero-order valence-corrected chi connectivity index (χ0v) is 15.7. The number of nitrogen functional groups attached to an aromatic ring is 1. The minimum atomic E-state index is 0.346. The molecule has 3 aromatic rings. The molecule has 132 valence electrons. The van der Waals surface area contributed by atoms with E-state index < -0.39 is 0 Å². The molecule has 0 radical (unpaired) electrons. The fraction of sp³-hybridized carbons (Fsp3) is 0.261. The van der Waals surface area contributed by atoms with E-state index in [1.807, 2.05) is 6.20 Å². The van der Waals surface area contributed by atoms with Crippen molar-refractivity contribution in [3.8, 4) is 11.1 Å². The molecule has 1 aromatic carbocycles. The van der Waals surface area contributed by atoms with E-state index in [9.17, 15) is 0 Å². The first kappa shape index (κ1) is 16.6. The van der Waals surface area contributed by atoms with Crippen LogP contribution in [0, 0.1) is 13.8 Å². The van der Waals surface area contributed by atoms with Gasteiger partial charge in [0.15, 0.2) is 0 Å². The van der Waals surface area contributed by atoms with Gasteiger partial charge in [0.2, 0.25) is 0 Å². The Bertz CT molecular complexity index is 1040. The number of aromatic nitrogens is 2. The van der Waals surface area contributed by atoms with E-state index in [0.29, 0.717) is 6.04 Å². The first-order valence-corrected chi connectivity index (χ1v) is 9.27. The first-order valence-electron chi connectivity index (χ1n) is 9.27. The largest absolute Gasteiger partial charge is 0.397 e. The van der Waals surface area contributed by atoms with Crippen molar-refractivity contribution in [2.75, 3.05) is 5.73 Å². The molecule has 26 heavy (non-hydrogen) atoms. The van der Waals surface area contributed by atoms with Crippen LogP contribution in [0.1, 0.15) is 36.9 Å². The second-order valence-corrected chi connectivity index (χ2v) is 7.17. The molecule has 0 bridgehead atoms. The standard InChI is InChI=1S/C23H25N3/c1-4-17-6-8-18(9-7-17)26-14-21(19-11-15(2)5-10-23(19)26)20-12-25-13-22(24)16(20)3/h5-8,10-14,18H,4,9,24H2,1-3H3. The lowest BCUT2D eigenvalue weighted by atomic mass is 10.0. The third kappa shape index (κ3) is 2.74. The molecule has 0 spiro atoms. The lowest BCUT2D eigenvalue weighted by molar-refractivity contribution is 0.625. The fourth-order valence-corrected chi connectivity index (χ4v) is 3.79. The number of fused-ring (bicyclic) bond motifs is 1. The molecule has 0 amide bonds. The normalized spacial score (nSPS) is 16.9. The quantitative estimate of drug-likeness (QED) is 0.659. The van der Waals surface area contributed by atoms with E-state index in [1.54, 1.807) is 6.20 Å². The lowest BCUT2D eigenvalue weighted by Gasteiger charge is -2.19. The second kappa shape index (κ2) is 6.49. The average molecular weight is 343 g/mol. The minimum Gasteiger partial charge on any atom is -0.397 e. The monoisotopic (exact) mass is 343 g/mol. The van der Waals surface area contributed by atoms with Crippen LogP contribution >= 0.6 is 0 Å². The molecule has 1 aliphatic carbocycles. The molecule has 1 atom stereocenters. The van der Waals surface area contributed by atoms with Crippen LogP contribution in [0.2, 0.25) is 0 Å². The molecule has 1 unspecified atom stereocenters. The summed E-state index contributed by atoms with van der Waals surface area (Å²) >= 11 is 0.